The van der Waals surface area contributed by atoms with Crippen molar-refractivity contribution in [3.63, 3.8) is 0 Å². The van der Waals surface area contributed by atoms with Gasteiger partial charge in [-0.2, -0.15) is 0 Å². The van der Waals surface area contributed by atoms with Gasteiger partial charge in [-0.25, -0.2) is 0 Å². The van der Waals surface area contributed by atoms with E-state index in [1.165, 1.54) is 0 Å². The van der Waals surface area contributed by atoms with Gasteiger partial charge in [0, 0.05) is 11.6 Å². The third-order valence-corrected chi connectivity index (χ3v) is 2.53. The number of aromatic hydroxyl groups is 1. The lowest BCUT2D eigenvalue weighted by atomic mass is 10.2. The molecular weight excluding hydrogens is 218 g/mol. The van der Waals surface area contributed by atoms with Crippen molar-refractivity contribution in [1.82, 2.24) is 4.98 Å². The molecule has 0 aliphatic rings. The maximum Gasteiger partial charge on any atom is 0.130 e. The number of rotatable bonds is 0. The molecule has 0 radical (unpaired) electrons. The van der Waals surface area contributed by atoms with Crippen molar-refractivity contribution in [3.8, 4) is 5.75 Å². The van der Waals surface area contributed by atoms with Crippen LogP contribution in [0.4, 0.5) is 0 Å². The van der Waals surface area contributed by atoms with Crippen LogP contribution in [-0.4, -0.2) is 10.1 Å². The smallest absolute Gasteiger partial charge is 0.130 e. The summed E-state index contributed by atoms with van der Waals surface area (Å²) in [6, 6.07) is 7.16. The Bertz CT molecular complexity index is 428. The van der Waals surface area contributed by atoms with Crippen molar-refractivity contribution in [3.05, 3.63) is 34.9 Å². The lowest BCUT2D eigenvalue weighted by Crippen LogP contribution is -1.78. The van der Waals surface area contributed by atoms with Gasteiger partial charge in [0.25, 0.3) is 0 Å². The molecule has 0 bridgehead atoms. The highest BCUT2D eigenvalue weighted by molar-refractivity contribution is 9.10. The van der Waals surface area contributed by atoms with E-state index in [0.29, 0.717) is 4.47 Å². The van der Waals surface area contributed by atoms with Crippen molar-refractivity contribution in [2.45, 2.75) is 0 Å². The molecule has 2 aromatic rings. The van der Waals surface area contributed by atoms with Crippen LogP contribution in [0.1, 0.15) is 0 Å². The molecule has 1 heterocycles. The van der Waals surface area contributed by atoms with Crippen molar-refractivity contribution in [1.29, 1.82) is 0 Å². The lowest BCUT2D eigenvalue weighted by Gasteiger charge is -2.00. The van der Waals surface area contributed by atoms with E-state index < -0.39 is 0 Å². The third-order valence-electron chi connectivity index (χ3n) is 1.70. The maximum atomic E-state index is 9.34. The van der Waals surface area contributed by atoms with Crippen LogP contribution in [0.5, 0.6) is 5.75 Å². The standard InChI is InChI=1S/C9H6BrNO/c10-9-6-2-1-5-11-7(6)3-4-8(9)12/h1-5,12H. The quantitative estimate of drug-likeness (QED) is 0.746. The molecule has 0 atom stereocenters. The van der Waals surface area contributed by atoms with Crippen LogP contribution in [0.15, 0.2) is 34.9 Å². The van der Waals surface area contributed by atoms with Gasteiger partial charge in [0.2, 0.25) is 0 Å². The summed E-state index contributed by atoms with van der Waals surface area (Å²) in [7, 11) is 0. The van der Waals surface area contributed by atoms with Gasteiger partial charge in [0.05, 0.1) is 9.99 Å². The zero-order valence-electron chi connectivity index (χ0n) is 6.16. The van der Waals surface area contributed by atoms with Gasteiger partial charge < -0.3 is 5.11 Å². The van der Waals surface area contributed by atoms with Gasteiger partial charge in [-0.1, -0.05) is 6.07 Å². The summed E-state index contributed by atoms with van der Waals surface area (Å²) >= 11 is 3.29. The second-order valence-electron chi connectivity index (χ2n) is 2.47. The normalized spacial score (nSPS) is 10.4. The minimum absolute atomic E-state index is 0.246. The summed E-state index contributed by atoms with van der Waals surface area (Å²) in [6.45, 7) is 0. The number of phenolic OH excluding ortho intramolecular Hbond substituents is 1. The number of nitrogens with zero attached hydrogens (tertiary/aromatic N) is 1. The highest BCUT2D eigenvalue weighted by Crippen LogP contribution is 2.30. The van der Waals surface area contributed by atoms with E-state index in [9.17, 15) is 5.11 Å². The van der Waals surface area contributed by atoms with Gasteiger partial charge in [-0.15, -0.1) is 0 Å². The fourth-order valence-electron chi connectivity index (χ4n) is 1.10. The minimum atomic E-state index is 0.246. The Hall–Kier alpha value is -1.09. The molecule has 0 unspecified atom stereocenters. The van der Waals surface area contributed by atoms with Crippen LogP contribution in [0.3, 0.4) is 0 Å². The van der Waals surface area contributed by atoms with E-state index >= 15 is 0 Å². The van der Waals surface area contributed by atoms with Gasteiger partial charge in [0.1, 0.15) is 5.75 Å². The van der Waals surface area contributed by atoms with E-state index in [1.807, 2.05) is 12.1 Å². The molecule has 2 nitrogen and oxygen atoms in total. The summed E-state index contributed by atoms with van der Waals surface area (Å²) in [4.78, 5) is 4.14. The molecule has 3 heteroatoms. The highest BCUT2D eigenvalue weighted by atomic mass is 79.9. The predicted octanol–water partition coefficient (Wildman–Crippen LogP) is 2.70. The molecular formula is C9H6BrNO. The Morgan fingerprint density at radius 1 is 1.25 bits per heavy atom. The molecule has 0 spiro atoms. The third kappa shape index (κ3) is 1.06. The lowest BCUT2D eigenvalue weighted by molar-refractivity contribution is 0.473. The molecule has 12 heavy (non-hydrogen) atoms. The summed E-state index contributed by atoms with van der Waals surface area (Å²) in [5.74, 6) is 0.246. The van der Waals surface area contributed by atoms with Gasteiger partial charge in [-0.05, 0) is 34.1 Å². The number of fused-ring (bicyclic) bond motifs is 1. The molecule has 0 saturated carbocycles. The largest absolute Gasteiger partial charge is 0.507 e. The molecule has 60 valence electrons. The SMILES string of the molecule is Oc1ccc2ncccc2c1Br. The second kappa shape index (κ2) is 2.75. The topological polar surface area (TPSA) is 33.1 Å². The van der Waals surface area contributed by atoms with Crippen LogP contribution in [-0.2, 0) is 0 Å². The molecule has 0 fully saturated rings. The van der Waals surface area contributed by atoms with E-state index in [2.05, 4.69) is 20.9 Å². The van der Waals surface area contributed by atoms with Crippen LogP contribution in [0.25, 0.3) is 10.9 Å². The molecule has 1 N–H and O–H groups in total. The van der Waals surface area contributed by atoms with E-state index in [0.717, 1.165) is 10.9 Å². The summed E-state index contributed by atoms with van der Waals surface area (Å²) in [6.07, 6.45) is 1.73. The molecule has 2 rings (SSSR count). The van der Waals surface area contributed by atoms with Gasteiger partial charge in [-0.3, -0.25) is 4.98 Å². The number of hydrogen-bond donors (Lipinski definition) is 1. The molecule has 0 aliphatic carbocycles. The molecule has 0 saturated heterocycles. The monoisotopic (exact) mass is 223 g/mol. The zero-order chi connectivity index (χ0) is 8.55. The highest BCUT2D eigenvalue weighted by Gasteiger charge is 2.02. The summed E-state index contributed by atoms with van der Waals surface area (Å²) in [5.41, 5.74) is 0.877. The maximum absolute atomic E-state index is 9.34. The van der Waals surface area contributed by atoms with Crippen LogP contribution in [0, 0.1) is 0 Å². The van der Waals surface area contributed by atoms with Crippen LogP contribution in [0.2, 0.25) is 0 Å². The van der Waals surface area contributed by atoms with Crippen molar-refractivity contribution in [2.24, 2.45) is 0 Å². The molecule has 0 aliphatic heterocycles. The fourth-order valence-corrected chi connectivity index (χ4v) is 1.57. The first-order valence-corrected chi connectivity index (χ1v) is 4.30. The Labute approximate surface area is 78.0 Å². The number of phenols is 1. The number of halogens is 1. The van der Waals surface area contributed by atoms with Crippen molar-refractivity contribution in [2.75, 3.05) is 0 Å². The van der Waals surface area contributed by atoms with E-state index in [4.69, 9.17) is 0 Å². The average Bonchev–Trinajstić information content (AvgIpc) is 2.12. The molecule has 1 aromatic heterocycles. The molecule has 0 amide bonds. The zero-order valence-corrected chi connectivity index (χ0v) is 7.75. The molecule has 1 aromatic carbocycles. The van der Waals surface area contributed by atoms with E-state index in [-0.39, 0.29) is 5.75 Å². The van der Waals surface area contributed by atoms with Crippen LogP contribution >= 0.6 is 15.9 Å². The predicted molar refractivity (Wildman–Crippen MR) is 51.1 cm³/mol. The fraction of sp³-hybridized carbons (Fsp3) is 0. The Morgan fingerprint density at radius 2 is 2.08 bits per heavy atom. The van der Waals surface area contributed by atoms with Gasteiger partial charge in [0.15, 0.2) is 0 Å². The number of hydrogen-bond acceptors (Lipinski definition) is 2. The van der Waals surface area contributed by atoms with E-state index in [1.54, 1.807) is 18.3 Å². The summed E-state index contributed by atoms with van der Waals surface area (Å²) < 4.78 is 0.702. The number of pyridine rings is 1. The van der Waals surface area contributed by atoms with Crippen molar-refractivity contribution >= 4 is 26.8 Å². The minimum Gasteiger partial charge on any atom is -0.507 e. The van der Waals surface area contributed by atoms with Crippen LogP contribution < -0.4 is 0 Å². The van der Waals surface area contributed by atoms with Gasteiger partial charge >= 0.3 is 0 Å². The number of aromatic nitrogens is 1. The Balaban J connectivity index is 2.91. The average molecular weight is 224 g/mol. The first-order valence-electron chi connectivity index (χ1n) is 3.51. The second-order valence-corrected chi connectivity index (χ2v) is 3.26. The first-order chi connectivity index (χ1) is 5.79. The Morgan fingerprint density at radius 3 is 2.92 bits per heavy atom. The number of benzene rings is 1. The Kier molecular flexibility index (Phi) is 1.73. The van der Waals surface area contributed by atoms with Crippen molar-refractivity contribution < 1.29 is 5.11 Å². The summed E-state index contributed by atoms with van der Waals surface area (Å²) in [5, 5.41) is 10.3. The first kappa shape index (κ1) is 7.55.